The number of hydrogen-bond acceptors (Lipinski definition) is 5. The lowest BCUT2D eigenvalue weighted by Gasteiger charge is -2.29. The highest BCUT2D eigenvalue weighted by molar-refractivity contribution is 6.05. The summed E-state index contributed by atoms with van der Waals surface area (Å²) in [5.41, 5.74) is 6.69. The molecule has 1 N–H and O–H groups in total. The number of hydrogen-bond donors (Lipinski definition) is 1. The van der Waals surface area contributed by atoms with Gasteiger partial charge < -0.3 is 14.5 Å². The first-order chi connectivity index (χ1) is 16.9. The maximum absolute atomic E-state index is 14.8. The number of carbonyl (C=O) groups excluding carboxylic acids is 1. The van der Waals surface area contributed by atoms with Gasteiger partial charge in [0.15, 0.2) is 7.98 Å². The quantitative estimate of drug-likeness (QED) is 0.322. The Morgan fingerprint density at radius 3 is 2.74 bits per heavy atom. The molecule has 1 aromatic carbocycles. The van der Waals surface area contributed by atoms with Gasteiger partial charge in [0.25, 0.3) is 12.0 Å². The molecule has 2 aromatic heterocycles. The average molecular weight is 475 g/mol. The van der Waals surface area contributed by atoms with Gasteiger partial charge in [-0.1, -0.05) is 27.7 Å². The van der Waals surface area contributed by atoms with Crippen molar-refractivity contribution < 1.29 is 13.9 Å². The highest BCUT2D eigenvalue weighted by Crippen LogP contribution is 2.44. The van der Waals surface area contributed by atoms with Gasteiger partial charge in [-0.05, 0) is 60.4 Å². The summed E-state index contributed by atoms with van der Waals surface area (Å²) in [5.74, 6) is -0.172. The zero-order chi connectivity index (χ0) is 25.4. The molecule has 2 atom stereocenters. The number of halogens is 1. The molecular weight excluding hydrogens is 444 g/mol. The van der Waals surface area contributed by atoms with Crippen molar-refractivity contribution in [1.82, 2.24) is 14.8 Å². The number of ether oxygens (including phenoxy) is 1. The van der Waals surface area contributed by atoms with E-state index < -0.39 is 0 Å². The number of nitrogens with zero attached hydrogens (tertiary/aromatic N) is 2. The Balaban J connectivity index is 0.00000141. The largest absolute Gasteiger partial charge is 0.463 e. The highest BCUT2D eigenvalue weighted by Gasteiger charge is 2.34. The summed E-state index contributed by atoms with van der Waals surface area (Å²) in [6.07, 6.45) is 2.27. The van der Waals surface area contributed by atoms with Crippen molar-refractivity contribution in [1.29, 1.82) is 0 Å². The van der Waals surface area contributed by atoms with Crippen LogP contribution in [0.5, 0.6) is 0 Å². The Morgan fingerprint density at radius 1 is 1.34 bits per heavy atom. The number of pyridine rings is 2. The molecule has 2 radical (unpaired) electrons. The van der Waals surface area contributed by atoms with E-state index in [1.807, 2.05) is 33.8 Å². The number of benzene rings is 1. The summed E-state index contributed by atoms with van der Waals surface area (Å²) in [6.45, 7) is 10.5. The number of aryl methyl sites for hydroxylation is 1. The molecule has 2 aliphatic rings. The lowest BCUT2D eigenvalue weighted by Crippen LogP contribution is -2.27. The molecule has 5 rings (SSSR count). The molecule has 2 unspecified atom stereocenters. The summed E-state index contributed by atoms with van der Waals surface area (Å²) in [7, 11) is 5.93. The summed E-state index contributed by atoms with van der Waals surface area (Å²) >= 11 is 0. The smallest absolute Gasteiger partial charge is 0.293 e. The van der Waals surface area contributed by atoms with Crippen molar-refractivity contribution >= 4 is 25.4 Å². The van der Waals surface area contributed by atoms with E-state index in [1.54, 1.807) is 11.5 Å². The third kappa shape index (κ3) is 3.88. The van der Waals surface area contributed by atoms with Gasteiger partial charge in [-0.2, -0.15) is 0 Å². The van der Waals surface area contributed by atoms with Crippen LogP contribution >= 0.6 is 0 Å². The number of fused-ring (bicyclic) bond motifs is 4. The lowest BCUT2D eigenvalue weighted by molar-refractivity contribution is -0.129. The molecule has 35 heavy (non-hydrogen) atoms. The van der Waals surface area contributed by atoms with Gasteiger partial charge in [-0.15, -0.1) is 0 Å². The van der Waals surface area contributed by atoms with Crippen LogP contribution in [0.1, 0.15) is 85.9 Å². The Bertz CT molecular complexity index is 1370. The van der Waals surface area contributed by atoms with Crippen LogP contribution in [0.4, 0.5) is 4.39 Å². The van der Waals surface area contributed by atoms with E-state index >= 15 is 0 Å². The van der Waals surface area contributed by atoms with Gasteiger partial charge in [0.2, 0.25) is 0 Å². The number of rotatable bonds is 6. The fourth-order valence-electron chi connectivity index (χ4n) is 5.45. The molecular formula is C27H31BFN3O3. The van der Waals surface area contributed by atoms with Crippen LogP contribution in [0.25, 0.3) is 22.3 Å². The van der Waals surface area contributed by atoms with Crippen LogP contribution in [0.15, 0.2) is 16.9 Å². The second-order valence-corrected chi connectivity index (χ2v) is 9.04. The number of nitrogens with one attached hydrogen (secondary N) is 1. The molecule has 3 aromatic rings. The minimum atomic E-state index is -0.271. The van der Waals surface area contributed by atoms with Crippen LogP contribution < -0.4 is 10.8 Å². The molecule has 1 aliphatic heterocycles. The van der Waals surface area contributed by atoms with Crippen molar-refractivity contribution in [3.05, 3.63) is 61.7 Å². The lowest BCUT2D eigenvalue weighted by atomic mass is 9.81. The Hall–Kier alpha value is -3.00. The maximum atomic E-state index is 14.8. The number of aromatic nitrogens is 2. The Labute approximate surface area is 206 Å². The molecule has 0 saturated carbocycles. The van der Waals surface area contributed by atoms with Crippen LogP contribution in [0.3, 0.4) is 0 Å². The van der Waals surface area contributed by atoms with E-state index in [0.29, 0.717) is 47.5 Å². The molecule has 0 amide bonds. The summed E-state index contributed by atoms with van der Waals surface area (Å²) in [4.78, 5) is 29.3. The second-order valence-electron chi connectivity index (χ2n) is 9.04. The third-order valence-corrected chi connectivity index (χ3v) is 7.41. The number of carbonyl (C=O) groups is 1. The van der Waals surface area contributed by atoms with Gasteiger partial charge >= 0.3 is 0 Å². The minimum absolute atomic E-state index is 0.0670. The van der Waals surface area contributed by atoms with Gasteiger partial charge in [0.1, 0.15) is 12.4 Å². The fraction of sp³-hybridized carbons (Fsp3) is 0.444. The Morgan fingerprint density at radius 2 is 2.09 bits per heavy atom. The predicted molar refractivity (Wildman–Crippen MR) is 136 cm³/mol. The van der Waals surface area contributed by atoms with E-state index in [4.69, 9.17) is 17.7 Å². The van der Waals surface area contributed by atoms with Crippen LogP contribution in [0.2, 0.25) is 0 Å². The van der Waals surface area contributed by atoms with Gasteiger partial charge in [-0.25, -0.2) is 9.37 Å². The second kappa shape index (κ2) is 9.94. The topological polar surface area (TPSA) is 73.2 Å². The van der Waals surface area contributed by atoms with E-state index in [-0.39, 0.29) is 29.9 Å². The SMILES string of the molecule is CC.[B]NC1CCc2c(C)c(F)cc3nc4c(c1c23)Cn1c-4cc(C(C)CC)c(COC=O)c1=O. The summed E-state index contributed by atoms with van der Waals surface area (Å²) in [5, 5.41) is 3.86. The molecule has 1 aliphatic carbocycles. The van der Waals surface area contributed by atoms with Crippen molar-refractivity contribution in [2.24, 2.45) is 0 Å². The molecule has 6 nitrogen and oxygen atoms in total. The van der Waals surface area contributed by atoms with E-state index in [2.05, 4.69) is 5.23 Å². The summed E-state index contributed by atoms with van der Waals surface area (Å²) in [6, 6.07) is 3.35. The van der Waals surface area contributed by atoms with E-state index in [0.717, 1.165) is 40.5 Å². The first kappa shape index (κ1) is 25.1. The first-order valence-electron chi connectivity index (χ1n) is 12.3. The van der Waals surface area contributed by atoms with Gasteiger partial charge in [0.05, 0.1) is 29.0 Å². The minimum Gasteiger partial charge on any atom is -0.463 e. The maximum Gasteiger partial charge on any atom is 0.293 e. The van der Waals surface area contributed by atoms with Crippen LogP contribution in [-0.2, 0) is 29.1 Å². The van der Waals surface area contributed by atoms with Crippen molar-refractivity contribution in [3.8, 4) is 11.4 Å². The predicted octanol–water partition coefficient (Wildman–Crippen LogP) is 4.75. The molecule has 8 heteroatoms. The standard InChI is InChI=1S/C25H25BFN3O3.C2H6/c1-4-12(2)15-7-21-24-16(9-30(21)25(32)17(15)10-33-11-31)23-19(29-26)6-5-14-13(3)18(27)8-20(28-24)22(14)23;1-2/h7-8,11-12,19,29H,4-6,9-10H2,1-3H3;1-2H3. The monoisotopic (exact) mass is 475 g/mol. The van der Waals surface area contributed by atoms with Crippen molar-refractivity contribution in [3.63, 3.8) is 0 Å². The van der Waals surface area contributed by atoms with Gasteiger partial charge in [0, 0.05) is 23.1 Å². The van der Waals surface area contributed by atoms with Crippen molar-refractivity contribution in [2.75, 3.05) is 0 Å². The zero-order valence-electron chi connectivity index (χ0n) is 21.0. The molecule has 3 heterocycles. The van der Waals surface area contributed by atoms with Gasteiger partial charge in [-0.3, -0.25) is 9.59 Å². The molecule has 0 saturated heterocycles. The third-order valence-electron chi connectivity index (χ3n) is 7.41. The van der Waals surface area contributed by atoms with E-state index in [1.165, 1.54) is 6.07 Å². The van der Waals surface area contributed by atoms with Crippen LogP contribution in [-0.4, -0.2) is 24.0 Å². The summed E-state index contributed by atoms with van der Waals surface area (Å²) < 4.78 is 21.4. The van der Waals surface area contributed by atoms with Crippen molar-refractivity contribution in [2.45, 2.75) is 79.0 Å². The first-order valence-corrected chi connectivity index (χ1v) is 12.3. The molecule has 0 fully saturated rings. The average Bonchev–Trinajstić information content (AvgIpc) is 3.25. The molecule has 0 spiro atoms. The van der Waals surface area contributed by atoms with Crippen LogP contribution in [0, 0.1) is 12.7 Å². The molecule has 0 bridgehead atoms. The highest BCUT2D eigenvalue weighted by atomic mass is 19.1. The van der Waals surface area contributed by atoms with E-state index in [9.17, 15) is 14.0 Å². The molecule has 182 valence electrons. The fourth-order valence-corrected chi connectivity index (χ4v) is 5.45. The normalized spacial score (nSPS) is 16.2. The Kier molecular flexibility index (Phi) is 7.13. The zero-order valence-corrected chi connectivity index (χ0v) is 21.0.